The summed E-state index contributed by atoms with van der Waals surface area (Å²) < 4.78 is 18.1. The van der Waals surface area contributed by atoms with E-state index in [1.807, 2.05) is 0 Å². The Labute approximate surface area is 156 Å². The zero-order valence-electron chi connectivity index (χ0n) is 16.1. The van der Waals surface area contributed by atoms with E-state index in [9.17, 15) is 5.11 Å². The summed E-state index contributed by atoms with van der Waals surface area (Å²) in [7, 11) is 3.48. The standard InChI is InChI=1S/C22H30O4/c1-5-19(23)10-8-16-15-6-11-20-14-21(24-3,25-4)12-13-22(20,26-20)17(15)7-9-18(16,19)2/h1,7,15-16,23H,6,8-14H2,2-4H3/t15-,16-,18-,19-,20?,22-/m0/s1. The summed E-state index contributed by atoms with van der Waals surface area (Å²) in [5.41, 5.74) is 0.0832. The van der Waals surface area contributed by atoms with E-state index in [1.54, 1.807) is 14.2 Å². The van der Waals surface area contributed by atoms with E-state index >= 15 is 0 Å². The lowest BCUT2D eigenvalue weighted by molar-refractivity contribution is -0.229. The SMILES string of the molecule is C#C[C@]1(O)CC[C@H]2[C@@H]3CCC45CC(OC)(OC)CC[C@]4(O5)C3=CC[C@@]21C. The molecule has 1 unspecified atom stereocenters. The fraction of sp³-hybridized carbons (Fsp3) is 0.818. The Bertz CT molecular complexity index is 718. The molecule has 0 aromatic rings. The van der Waals surface area contributed by atoms with Gasteiger partial charge < -0.3 is 19.3 Å². The van der Waals surface area contributed by atoms with Crippen LogP contribution in [0.3, 0.4) is 0 Å². The van der Waals surface area contributed by atoms with Crippen LogP contribution in [0.25, 0.3) is 0 Å². The largest absolute Gasteiger partial charge is 0.377 e. The molecule has 1 N–H and O–H groups in total. The van der Waals surface area contributed by atoms with E-state index in [-0.39, 0.29) is 16.6 Å². The highest BCUT2D eigenvalue weighted by Gasteiger charge is 2.79. The first kappa shape index (κ1) is 17.3. The van der Waals surface area contributed by atoms with Crippen molar-refractivity contribution in [2.45, 2.75) is 80.9 Å². The highest BCUT2D eigenvalue weighted by atomic mass is 16.7. The molecule has 0 spiro atoms. The van der Waals surface area contributed by atoms with Gasteiger partial charge in [-0.15, -0.1) is 6.42 Å². The Kier molecular flexibility index (Phi) is 3.28. The summed E-state index contributed by atoms with van der Waals surface area (Å²) in [5.74, 6) is 3.18. The first-order chi connectivity index (χ1) is 12.3. The number of epoxide rings is 1. The van der Waals surface area contributed by atoms with Crippen molar-refractivity contribution in [3.8, 4) is 12.3 Å². The molecule has 4 fully saturated rings. The molecular formula is C22H30O4. The summed E-state index contributed by atoms with van der Waals surface area (Å²) >= 11 is 0. The topological polar surface area (TPSA) is 51.2 Å². The zero-order valence-corrected chi connectivity index (χ0v) is 16.1. The van der Waals surface area contributed by atoms with Gasteiger partial charge in [-0.05, 0) is 55.9 Å². The van der Waals surface area contributed by atoms with Crippen molar-refractivity contribution in [2.24, 2.45) is 17.3 Å². The van der Waals surface area contributed by atoms with Gasteiger partial charge >= 0.3 is 0 Å². The van der Waals surface area contributed by atoms with Crippen LogP contribution in [0.4, 0.5) is 0 Å². The molecule has 0 bridgehead atoms. The van der Waals surface area contributed by atoms with E-state index in [0.29, 0.717) is 11.8 Å². The van der Waals surface area contributed by atoms with Crippen LogP contribution >= 0.6 is 0 Å². The number of ether oxygens (including phenoxy) is 3. The Morgan fingerprint density at radius 2 is 1.96 bits per heavy atom. The summed E-state index contributed by atoms with van der Waals surface area (Å²) in [6.07, 6.45) is 15.5. The van der Waals surface area contributed by atoms with Crippen LogP contribution in [0.5, 0.6) is 0 Å². The van der Waals surface area contributed by atoms with Gasteiger partial charge in [0.2, 0.25) is 0 Å². The van der Waals surface area contributed by atoms with Crippen LogP contribution in [0.1, 0.15) is 58.3 Å². The number of rotatable bonds is 2. The molecule has 6 atom stereocenters. The Balaban J connectivity index is 1.50. The molecule has 1 heterocycles. The number of terminal acetylenes is 1. The van der Waals surface area contributed by atoms with Crippen LogP contribution in [-0.4, -0.2) is 41.9 Å². The molecule has 5 rings (SSSR count). The van der Waals surface area contributed by atoms with Crippen LogP contribution < -0.4 is 0 Å². The van der Waals surface area contributed by atoms with Gasteiger partial charge in [0.25, 0.3) is 0 Å². The van der Waals surface area contributed by atoms with Crippen molar-refractivity contribution in [1.29, 1.82) is 0 Å². The number of hydrogen-bond acceptors (Lipinski definition) is 4. The number of fused-ring (bicyclic) bond motifs is 3. The second-order valence-electron chi connectivity index (χ2n) is 9.50. The Hall–Kier alpha value is -0.860. The van der Waals surface area contributed by atoms with Crippen molar-refractivity contribution in [2.75, 3.05) is 14.2 Å². The Morgan fingerprint density at radius 1 is 1.19 bits per heavy atom. The third-order valence-corrected chi connectivity index (χ3v) is 9.00. The molecule has 4 aliphatic carbocycles. The van der Waals surface area contributed by atoms with Gasteiger partial charge in [-0.25, -0.2) is 0 Å². The smallest absolute Gasteiger partial charge is 0.170 e. The highest BCUT2D eigenvalue weighted by molar-refractivity contribution is 5.44. The van der Waals surface area contributed by atoms with Crippen LogP contribution in [-0.2, 0) is 14.2 Å². The van der Waals surface area contributed by atoms with E-state index in [0.717, 1.165) is 51.4 Å². The second-order valence-corrected chi connectivity index (χ2v) is 9.50. The van der Waals surface area contributed by atoms with Gasteiger partial charge in [0, 0.05) is 32.5 Å². The van der Waals surface area contributed by atoms with Gasteiger partial charge in [0.1, 0.15) is 16.8 Å². The van der Waals surface area contributed by atoms with E-state index in [4.69, 9.17) is 20.6 Å². The van der Waals surface area contributed by atoms with Crippen LogP contribution in [0.15, 0.2) is 11.6 Å². The molecule has 0 amide bonds. The maximum Gasteiger partial charge on any atom is 0.170 e. The van der Waals surface area contributed by atoms with Crippen LogP contribution in [0, 0.1) is 29.6 Å². The van der Waals surface area contributed by atoms with E-state index in [1.165, 1.54) is 5.57 Å². The van der Waals surface area contributed by atoms with E-state index < -0.39 is 11.4 Å². The average Bonchev–Trinajstić information content (AvgIpc) is 3.27. The molecule has 1 saturated heterocycles. The lowest BCUT2D eigenvalue weighted by Gasteiger charge is -2.51. The molecule has 1 aliphatic heterocycles. The van der Waals surface area contributed by atoms with Gasteiger partial charge in [0.15, 0.2) is 5.79 Å². The maximum atomic E-state index is 11.1. The Morgan fingerprint density at radius 3 is 2.65 bits per heavy atom. The first-order valence-electron chi connectivity index (χ1n) is 10.0. The summed E-state index contributed by atoms with van der Waals surface area (Å²) in [6.45, 7) is 2.20. The fourth-order valence-corrected chi connectivity index (χ4v) is 7.27. The molecule has 0 radical (unpaired) electrons. The maximum absolute atomic E-state index is 11.1. The van der Waals surface area contributed by atoms with Crippen LogP contribution in [0.2, 0.25) is 0 Å². The molecule has 0 aromatic heterocycles. The summed E-state index contributed by atoms with van der Waals surface area (Å²) in [5, 5.41) is 11.1. The number of allylic oxidation sites excluding steroid dienone is 1. The molecule has 5 aliphatic rings. The highest BCUT2D eigenvalue weighted by Crippen LogP contribution is 2.73. The molecule has 142 valence electrons. The predicted molar refractivity (Wildman–Crippen MR) is 97.2 cm³/mol. The van der Waals surface area contributed by atoms with Crippen molar-refractivity contribution in [3.63, 3.8) is 0 Å². The van der Waals surface area contributed by atoms with Gasteiger partial charge in [0.05, 0.1) is 0 Å². The number of methoxy groups -OCH3 is 2. The van der Waals surface area contributed by atoms with Gasteiger partial charge in [-0.1, -0.05) is 18.9 Å². The minimum Gasteiger partial charge on any atom is -0.377 e. The molecular weight excluding hydrogens is 328 g/mol. The summed E-state index contributed by atoms with van der Waals surface area (Å²) in [4.78, 5) is 0. The fourth-order valence-electron chi connectivity index (χ4n) is 7.27. The van der Waals surface area contributed by atoms with Crippen molar-refractivity contribution >= 4 is 0 Å². The van der Waals surface area contributed by atoms with Crippen molar-refractivity contribution in [3.05, 3.63) is 11.6 Å². The minimum absolute atomic E-state index is 0.116. The molecule has 3 saturated carbocycles. The summed E-state index contributed by atoms with van der Waals surface area (Å²) in [6, 6.07) is 0. The average molecular weight is 358 g/mol. The quantitative estimate of drug-likeness (QED) is 0.356. The zero-order chi connectivity index (χ0) is 18.4. The minimum atomic E-state index is -0.968. The predicted octanol–water partition coefficient (Wildman–Crippen LogP) is 3.19. The number of aliphatic hydroxyl groups is 1. The van der Waals surface area contributed by atoms with Gasteiger partial charge in [-0.3, -0.25) is 0 Å². The molecule has 26 heavy (non-hydrogen) atoms. The van der Waals surface area contributed by atoms with Crippen molar-refractivity contribution < 1.29 is 19.3 Å². The van der Waals surface area contributed by atoms with Gasteiger partial charge in [-0.2, -0.15) is 0 Å². The number of hydrogen-bond donors (Lipinski definition) is 1. The third-order valence-electron chi connectivity index (χ3n) is 9.00. The third kappa shape index (κ3) is 1.72. The lowest BCUT2D eigenvalue weighted by Crippen LogP contribution is -2.54. The van der Waals surface area contributed by atoms with Crippen molar-refractivity contribution in [1.82, 2.24) is 0 Å². The molecule has 4 heteroatoms. The lowest BCUT2D eigenvalue weighted by atomic mass is 9.53. The second kappa shape index (κ2) is 4.94. The molecule has 0 aromatic carbocycles. The normalized spacial score (nSPS) is 53.4. The molecule has 4 nitrogen and oxygen atoms in total. The first-order valence-corrected chi connectivity index (χ1v) is 10.0. The van der Waals surface area contributed by atoms with E-state index in [2.05, 4.69) is 18.9 Å². The monoisotopic (exact) mass is 358 g/mol.